The van der Waals surface area contributed by atoms with Gasteiger partial charge in [-0.1, -0.05) is 61.8 Å². The molecule has 0 amide bonds. The van der Waals surface area contributed by atoms with E-state index in [0.717, 1.165) is 11.8 Å². The van der Waals surface area contributed by atoms with Gasteiger partial charge in [0.2, 0.25) is 0 Å². The third kappa shape index (κ3) is 7.30. The van der Waals surface area contributed by atoms with Crippen molar-refractivity contribution >= 4 is 0 Å². The van der Waals surface area contributed by atoms with E-state index in [1.165, 1.54) is 25.7 Å². The minimum atomic E-state index is 0.511. The van der Waals surface area contributed by atoms with Crippen molar-refractivity contribution in [2.45, 2.75) is 81.1 Å². The summed E-state index contributed by atoms with van der Waals surface area (Å²) in [6, 6.07) is 0. The topological polar surface area (TPSA) is 0 Å². The van der Waals surface area contributed by atoms with E-state index < -0.39 is 0 Å². The maximum absolute atomic E-state index is 2.43. The molecule has 0 bridgehead atoms. The summed E-state index contributed by atoms with van der Waals surface area (Å²) in [7, 11) is 0. The molecule has 0 heteroatoms. The third-order valence-corrected chi connectivity index (χ3v) is 3.72. The van der Waals surface area contributed by atoms with Crippen LogP contribution in [0.4, 0.5) is 0 Å². The monoisotopic (exact) mass is 226 g/mol. The van der Waals surface area contributed by atoms with Gasteiger partial charge in [0.05, 0.1) is 0 Å². The minimum Gasteiger partial charge on any atom is -0.0649 e. The van der Waals surface area contributed by atoms with Crippen LogP contribution in [0.25, 0.3) is 0 Å². The zero-order chi connectivity index (χ0) is 13.0. The molecule has 0 aliphatic rings. The second kappa shape index (κ2) is 6.07. The van der Waals surface area contributed by atoms with Crippen molar-refractivity contribution < 1.29 is 0 Å². The summed E-state index contributed by atoms with van der Waals surface area (Å²) < 4.78 is 0. The molecule has 98 valence electrons. The first kappa shape index (κ1) is 16.0. The van der Waals surface area contributed by atoms with Crippen LogP contribution in [-0.4, -0.2) is 0 Å². The van der Waals surface area contributed by atoms with E-state index in [0.29, 0.717) is 10.8 Å². The molecule has 0 rings (SSSR count). The predicted molar refractivity (Wildman–Crippen MR) is 75.7 cm³/mol. The van der Waals surface area contributed by atoms with Gasteiger partial charge in [0, 0.05) is 0 Å². The third-order valence-electron chi connectivity index (χ3n) is 3.72. The molecule has 1 unspecified atom stereocenters. The van der Waals surface area contributed by atoms with Crippen molar-refractivity contribution in [3.63, 3.8) is 0 Å². The van der Waals surface area contributed by atoms with Gasteiger partial charge in [-0.3, -0.25) is 0 Å². The maximum Gasteiger partial charge on any atom is -0.0349 e. The van der Waals surface area contributed by atoms with E-state index in [2.05, 4.69) is 55.4 Å². The molecule has 16 heavy (non-hydrogen) atoms. The molecule has 1 atom stereocenters. The molecule has 0 saturated carbocycles. The molecule has 0 heterocycles. The van der Waals surface area contributed by atoms with Crippen LogP contribution < -0.4 is 0 Å². The first-order chi connectivity index (χ1) is 7.08. The van der Waals surface area contributed by atoms with Crippen molar-refractivity contribution in [2.75, 3.05) is 0 Å². The molecular formula is C16H34. The predicted octanol–water partition coefficient (Wildman–Crippen LogP) is 5.91. The van der Waals surface area contributed by atoms with Crippen LogP contribution in [0, 0.1) is 22.7 Å². The average molecular weight is 226 g/mol. The zero-order valence-corrected chi connectivity index (χ0v) is 13.0. The highest BCUT2D eigenvalue weighted by atomic mass is 14.3. The fourth-order valence-electron chi connectivity index (χ4n) is 3.29. The second-order valence-corrected chi connectivity index (χ2v) is 7.79. The van der Waals surface area contributed by atoms with Gasteiger partial charge < -0.3 is 0 Å². The Labute approximate surface area is 104 Å². The molecule has 0 saturated heterocycles. The molecule has 0 fully saturated rings. The van der Waals surface area contributed by atoms with E-state index in [9.17, 15) is 0 Å². The Morgan fingerprint density at radius 2 is 1.19 bits per heavy atom. The lowest BCUT2D eigenvalue weighted by atomic mass is 9.72. The number of hydrogen-bond donors (Lipinski definition) is 0. The molecule has 0 aromatic rings. The smallest absolute Gasteiger partial charge is 0.0349 e. The van der Waals surface area contributed by atoms with E-state index in [-0.39, 0.29) is 0 Å². The van der Waals surface area contributed by atoms with Gasteiger partial charge in [-0.25, -0.2) is 0 Å². The minimum absolute atomic E-state index is 0.511. The standard InChI is InChI=1S/C16H34/c1-9-15(5,6)11-14(4)12-16(7,8)10-13(2)3/h13-14H,9-12H2,1-8H3. The van der Waals surface area contributed by atoms with Crippen LogP contribution in [0.15, 0.2) is 0 Å². The average Bonchev–Trinajstić information content (AvgIpc) is 1.98. The molecule has 0 spiro atoms. The Kier molecular flexibility index (Phi) is 6.07. The van der Waals surface area contributed by atoms with Crippen LogP contribution in [0.1, 0.15) is 81.1 Å². The van der Waals surface area contributed by atoms with Crippen LogP contribution in [-0.2, 0) is 0 Å². The van der Waals surface area contributed by atoms with Crippen LogP contribution in [0.5, 0.6) is 0 Å². The summed E-state index contributed by atoms with van der Waals surface area (Å²) in [4.78, 5) is 0. The van der Waals surface area contributed by atoms with Crippen LogP contribution >= 0.6 is 0 Å². The van der Waals surface area contributed by atoms with Crippen molar-refractivity contribution in [1.82, 2.24) is 0 Å². The van der Waals surface area contributed by atoms with E-state index >= 15 is 0 Å². The molecule has 0 aliphatic heterocycles. The van der Waals surface area contributed by atoms with Crippen molar-refractivity contribution in [1.29, 1.82) is 0 Å². The van der Waals surface area contributed by atoms with Gasteiger partial charge in [-0.2, -0.15) is 0 Å². The second-order valence-electron chi connectivity index (χ2n) is 7.79. The summed E-state index contributed by atoms with van der Waals surface area (Å²) in [6.07, 6.45) is 5.38. The number of hydrogen-bond acceptors (Lipinski definition) is 0. The lowest BCUT2D eigenvalue weighted by Crippen LogP contribution is -2.22. The highest BCUT2D eigenvalue weighted by Gasteiger charge is 2.26. The Balaban J connectivity index is 4.18. The molecule has 0 nitrogen and oxygen atoms in total. The van der Waals surface area contributed by atoms with Crippen LogP contribution in [0.2, 0.25) is 0 Å². The van der Waals surface area contributed by atoms with Crippen molar-refractivity contribution in [3.8, 4) is 0 Å². The largest absolute Gasteiger partial charge is 0.0649 e. The van der Waals surface area contributed by atoms with E-state index in [1.807, 2.05) is 0 Å². The molecule has 0 radical (unpaired) electrons. The summed E-state index contributed by atoms with van der Waals surface area (Å²) >= 11 is 0. The van der Waals surface area contributed by atoms with Gasteiger partial charge in [0.25, 0.3) is 0 Å². The molecule has 0 N–H and O–H groups in total. The Hall–Kier alpha value is 0. The van der Waals surface area contributed by atoms with E-state index in [4.69, 9.17) is 0 Å². The summed E-state index contributed by atoms with van der Waals surface area (Å²) in [5, 5.41) is 0. The highest BCUT2D eigenvalue weighted by molar-refractivity contribution is 4.77. The SMILES string of the molecule is CCC(C)(C)CC(C)CC(C)(C)CC(C)C. The Morgan fingerprint density at radius 3 is 1.56 bits per heavy atom. The van der Waals surface area contributed by atoms with Crippen molar-refractivity contribution in [2.24, 2.45) is 22.7 Å². The quantitative estimate of drug-likeness (QED) is 0.506. The zero-order valence-electron chi connectivity index (χ0n) is 13.0. The first-order valence-electron chi connectivity index (χ1n) is 7.08. The van der Waals surface area contributed by atoms with Crippen LogP contribution in [0.3, 0.4) is 0 Å². The van der Waals surface area contributed by atoms with E-state index in [1.54, 1.807) is 0 Å². The normalized spacial score (nSPS) is 15.6. The molecule has 0 aliphatic carbocycles. The summed E-state index contributed by atoms with van der Waals surface area (Å²) in [6.45, 7) is 19.1. The maximum atomic E-state index is 2.43. The van der Waals surface area contributed by atoms with Gasteiger partial charge in [0.15, 0.2) is 0 Å². The fraction of sp³-hybridized carbons (Fsp3) is 1.00. The Morgan fingerprint density at radius 1 is 0.750 bits per heavy atom. The summed E-state index contributed by atoms with van der Waals surface area (Å²) in [5.41, 5.74) is 1.03. The lowest BCUT2D eigenvalue weighted by molar-refractivity contribution is 0.180. The van der Waals surface area contributed by atoms with Crippen molar-refractivity contribution in [3.05, 3.63) is 0 Å². The lowest BCUT2D eigenvalue weighted by Gasteiger charge is -2.33. The number of rotatable bonds is 7. The first-order valence-corrected chi connectivity index (χ1v) is 7.08. The van der Waals surface area contributed by atoms with Gasteiger partial charge in [-0.05, 0) is 41.9 Å². The molecule has 0 aromatic carbocycles. The van der Waals surface area contributed by atoms with Gasteiger partial charge >= 0.3 is 0 Å². The van der Waals surface area contributed by atoms with Gasteiger partial charge in [0.1, 0.15) is 0 Å². The fourth-order valence-corrected chi connectivity index (χ4v) is 3.29. The highest BCUT2D eigenvalue weighted by Crippen LogP contribution is 2.37. The molecular weight excluding hydrogens is 192 g/mol. The molecule has 0 aromatic heterocycles. The Bertz CT molecular complexity index is 186. The summed E-state index contributed by atoms with van der Waals surface area (Å²) in [5.74, 6) is 1.67. The van der Waals surface area contributed by atoms with Gasteiger partial charge in [-0.15, -0.1) is 0 Å².